The normalized spacial score (nSPS) is 16.0. The van der Waals surface area contributed by atoms with Crippen LogP contribution in [0, 0.1) is 5.41 Å². The van der Waals surface area contributed by atoms with Crippen LogP contribution in [-0.4, -0.2) is 84.5 Å². The summed E-state index contributed by atoms with van der Waals surface area (Å²) in [5, 5.41) is 13.4. The van der Waals surface area contributed by atoms with Crippen LogP contribution in [0.2, 0.25) is 5.02 Å². The molecule has 1 aliphatic rings. The van der Waals surface area contributed by atoms with Crippen LogP contribution in [-0.2, 0) is 14.4 Å². The molecule has 4 rings (SSSR count). The summed E-state index contributed by atoms with van der Waals surface area (Å²) in [5.41, 5.74) is 2.15. The predicted octanol–water partition coefficient (Wildman–Crippen LogP) is 4.95. The van der Waals surface area contributed by atoms with Crippen molar-refractivity contribution in [3.63, 3.8) is 0 Å². The Morgan fingerprint density at radius 2 is 1.85 bits per heavy atom. The number of hydrogen-bond donors (Lipinski definition) is 4. The van der Waals surface area contributed by atoms with Gasteiger partial charge in [-0.1, -0.05) is 32.4 Å². The molecular formula is C34H47ClN8O4. The van der Waals surface area contributed by atoms with Crippen LogP contribution in [0.3, 0.4) is 0 Å². The van der Waals surface area contributed by atoms with Gasteiger partial charge in [-0.2, -0.15) is 0 Å². The van der Waals surface area contributed by atoms with Gasteiger partial charge in [0.05, 0.1) is 35.1 Å². The number of benzene rings is 2. The van der Waals surface area contributed by atoms with E-state index in [9.17, 15) is 14.4 Å². The molecule has 3 unspecified atom stereocenters. The second kappa shape index (κ2) is 15.2. The van der Waals surface area contributed by atoms with Gasteiger partial charge in [0, 0.05) is 36.8 Å². The molecule has 0 radical (unpaired) electrons. The fourth-order valence-corrected chi connectivity index (χ4v) is 6.02. The van der Waals surface area contributed by atoms with Crippen molar-refractivity contribution in [1.82, 2.24) is 25.5 Å². The Morgan fingerprint density at radius 3 is 2.47 bits per heavy atom. The minimum atomic E-state index is -0.810. The molecule has 2 heterocycles. The van der Waals surface area contributed by atoms with Gasteiger partial charge in [0.2, 0.25) is 17.7 Å². The highest BCUT2D eigenvalue weighted by molar-refractivity contribution is 6.33. The average Bonchev–Trinajstić information content (AvgIpc) is 3.54. The number of nitrogens with one attached hydrogen (secondary N) is 4. The third-order valence-corrected chi connectivity index (χ3v) is 8.90. The van der Waals surface area contributed by atoms with E-state index in [2.05, 4.69) is 50.0 Å². The second-order valence-electron chi connectivity index (χ2n) is 12.8. The lowest BCUT2D eigenvalue weighted by Crippen LogP contribution is -2.59. The smallest absolute Gasteiger partial charge is 0.247 e. The maximum Gasteiger partial charge on any atom is 0.247 e. The Labute approximate surface area is 282 Å². The molecule has 13 heteroatoms. The third-order valence-electron chi connectivity index (χ3n) is 8.59. The standard InChI is InChI=1S/C34H47ClN8O4/c1-9-42(10-2)26-14-13-21(16-23(26)35)39-30-22-17-25(28(47-8)18-24(22)37-19-38-30)40-32(45)27-12-11-15-43(27)33(46)29(34(4,5)6)41-31(44)20(3)36-7/h13-14,16-20,27,29,36H,9-12,15H2,1-8H3,(H,40,45)(H,41,44)(H,37,38,39). The van der Waals surface area contributed by atoms with E-state index in [0.717, 1.165) is 24.5 Å². The van der Waals surface area contributed by atoms with Gasteiger partial charge < -0.3 is 35.8 Å². The van der Waals surface area contributed by atoms with E-state index in [1.165, 1.54) is 13.4 Å². The zero-order valence-corrected chi connectivity index (χ0v) is 29.3. The maximum absolute atomic E-state index is 13.9. The molecule has 3 amide bonds. The van der Waals surface area contributed by atoms with Gasteiger partial charge in [-0.05, 0) is 70.3 Å². The van der Waals surface area contributed by atoms with E-state index < -0.39 is 23.5 Å². The number of likely N-dealkylation sites (tertiary alicyclic amines) is 1. The second-order valence-corrected chi connectivity index (χ2v) is 13.2. The lowest BCUT2D eigenvalue weighted by atomic mass is 9.85. The Balaban J connectivity index is 1.60. The molecule has 1 aliphatic heterocycles. The summed E-state index contributed by atoms with van der Waals surface area (Å²) in [7, 11) is 3.20. The monoisotopic (exact) mass is 666 g/mol. The molecule has 0 saturated carbocycles. The zero-order valence-electron chi connectivity index (χ0n) is 28.5. The van der Waals surface area contributed by atoms with Crippen molar-refractivity contribution in [3.05, 3.63) is 41.7 Å². The highest BCUT2D eigenvalue weighted by Gasteiger charge is 2.42. The molecule has 0 spiro atoms. The summed E-state index contributed by atoms with van der Waals surface area (Å²) in [4.78, 5) is 53.1. The van der Waals surface area contributed by atoms with Crippen LogP contribution >= 0.6 is 11.6 Å². The Hall–Kier alpha value is -4.16. The number of rotatable bonds is 12. The summed E-state index contributed by atoms with van der Waals surface area (Å²) >= 11 is 6.64. The number of carbonyl (C=O) groups is 3. The summed E-state index contributed by atoms with van der Waals surface area (Å²) in [6, 6.07) is 7.27. The largest absolute Gasteiger partial charge is 0.494 e. The van der Waals surface area contributed by atoms with Crippen LogP contribution in [0.1, 0.15) is 54.4 Å². The molecule has 47 heavy (non-hydrogen) atoms. The highest BCUT2D eigenvalue weighted by Crippen LogP contribution is 2.35. The quantitative estimate of drug-likeness (QED) is 0.211. The average molecular weight is 667 g/mol. The van der Waals surface area contributed by atoms with Crippen molar-refractivity contribution in [2.75, 3.05) is 49.3 Å². The van der Waals surface area contributed by atoms with Crippen LogP contribution in [0.5, 0.6) is 5.75 Å². The van der Waals surface area contributed by atoms with E-state index in [1.54, 1.807) is 31.0 Å². The maximum atomic E-state index is 13.9. The molecule has 0 bridgehead atoms. The van der Waals surface area contributed by atoms with Crippen molar-refractivity contribution in [3.8, 4) is 5.75 Å². The summed E-state index contributed by atoms with van der Waals surface area (Å²) in [6.07, 6.45) is 2.61. The SMILES string of the molecule is CCN(CC)c1ccc(Nc2ncnc3cc(OC)c(NC(=O)C4CCCN4C(=O)C(NC(=O)C(C)NC)C(C)(C)C)cc23)cc1Cl. The van der Waals surface area contributed by atoms with Crippen LogP contribution in [0.25, 0.3) is 10.9 Å². The van der Waals surface area contributed by atoms with Crippen molar-refractivity contribution >= 4 is 63.1 Å². The Kier molecular flexibility index (Phi) is 11.5. The predicted molar refractivity (Wildman–Crippen MR) is 188 cm³/mol. The van der Waals surface area contributed by atoms with Gasteiger partial charge in [0.1, 0.15) is 30.0 Å². The first kappa shape index (κ1) is 35.7. The number of anilines is 4. The molecule has 12 nitrogen and oxygen atoms in total. The third kappa shape index (κ3) is 8.05. The minimum Gasteiger partial charge on any atom is -0.494 e. The molecule has 2 aromatic carbocycles. The molecule has 1 saturated heterocycles. The van der Waals surface area contributed by atoms with E-state index in [-0.39, 0.29) is 17.7 Å². The van der Waals surface area contributed by atoms with Crippen LogP contribution in [0.15, 0.2) is 36.7 Å². The number of ether oxygens (including phenoxy) is 1. The molecule has 1 fully saturated rings. The lowest BCUT2D eigenvalue weighted by molar-refractivity contribution is -0.143. The number of hydrogen-bond acceptors (Lipinski definition) is 9. The van der Waals surface area contributed by atoms with Crippen LogP contribution in [0.4, 0.5) is 22.9 Å². The van der Waals surface area contributed by atoms with E-state index in [0.29, 0.717) is 52.6 Å². The Bertz CT molecular complexity index is 1610. The molecule has 0 aliphatic carbocycles. The van der Waals surface area contributed by atoms with Gasteiger partial charge in [-0.3, -0.25) is 14.4 Å². The van der Waals surface area contributed by atoms with Crippen molar-refractivity contribution in [2.24, 2.45) is 5.41 Å². The number of nitrogens with zero attached hydrogens (tertiary/aromatic N) is 4. The topological polar surface area (TPSA) is 141 Å². The molecule has 3 aromatic rings. The van der Waals surface area contributed by atoms with Gasteiger partial charge >= 0.3 is 0 Å². The van der Waals surface area contributed by atoms with Crippen molar-refractivity contribution < 1.29 is 19.1 Å². The van der Waals surface area contributed by atoms with Gasteiger partial charge in [-0.25, -0.2) is 9.97 Å². The lowest BCUT2D eigenvalue weighted by Gasteiger charge is -2.36. The van der Waals surface area contributed by atoms with E-state index in [1.807, 2.05) is 39.0 Å². The number of carbonyl (C=O) groups excluding carboxylic acids is 3. The van der Waals surface area contributed by atoms with Gasteiger partial charge in [-0.15, -0.1) is 0 Å². The zero-order chi connectivity index (χ0) is 34.5. The first-order chi connectivity index (χ1) is 22.3. The van der Waals surface area contributed by atoms with E-state index in [4.69, 9.17) is 16.3 Å². The first-order valence-corrected chi connectivity index (χ1v) is 16.4. The first-order valence-electron chi connectivity index (χ1n) is 16.1. The van der Waals surface area contributed by atoms with Crippen molar-refractivity contribution in [2.45, 2.75) is 72.5 Å². The number of fused-ring (bicyclic) bond motifs is 1. The highest BCUT2D eigenvalue weighted by atomic mass is 35.5. The fourth-order valence-electron chi connectivity index (χ4n) is 5.72. The van der Waals surface area contributed by atoms with Crippen molar-refractivity contribution in [1.29, 1.82) is 0 Å². The van der Waals surface area contributed by atoms with Gasteiger partial charge in [0.25, 0.3) is 0 Å². The molecule has 254 valence electrons. The van der Waals surface area contributed by atoms with E-state index >= 15 is 0 Å². The minimum absolute atomic E-state index is 0.282. The Morgan fingerprint density at radius 1 is 1.13 bits per heavy atom. The number of amides is 3. The summed E-state index contributed by atoms with van der Waals surface area (Å²) in [6.45, 7) is 13.7. The number of methoxy groups -OCH3 is 1. The summed E-state index contributed by atoms with van der Waals surface area (Å²) in [5.74, 6) is 0.0237. The van der Waals surface area contributed by atoms with Gasteiger partial charge in [0.15, 0.2) is 0 Å². The molecule has 1 aromatic heterocycles. The number of aromatic nitrogens is 2. The molecule has 3 atom stereocenters. The van der Waals surface area contributed by atoms with Crippen LogP contribution < -0.4 is 30.9 Å². The fraction of sp³-hybridized carbons (Fsp3) is 0.500. The number of likely N-dealkylation sites (N-methyl/N-ethyl adjacent to an activating group) is 1. The molecular weight excluding hydrogens is 620 g/mol. The number of halogens is 1. The molecule has 4 N–H and O–H groups in total. The summed E-state index contributed by atoms with van der Waals surface area (Å²) < 4.78 is 5.63.